The van der Waals surface area contributed by atoms with Gasteiger partial charge in [0.15, 0.2) is 5.69 Å². The fourth-order valence-electron chi connectivity index (χ4n) is 3.67. The van der Waals surface area contributed by atoms with E-state index >= 15 is 0 Å². The summed E-state index contributed by atoms with van der Waals surface area (Å²) in [4.78, 5) is 25.7. The van der Waals surface area contributed by atoms with E-state index in [0.29, 0.717) is 24.7 Å². The molecule has 3 aromatic rings. The van der Waals surface area contributed by atoms with E-state index in [1.54, 1.807) is 42.1 Å². The zero-order valence-corrected chi connectivity index (χ0v) is 20.2. The number of piperazine rings is 1. The molecule has 0 unspecified atom stereocenters. The SMILES string of the molecule is CCN(C)C(=O)c1cc(-c2ccc(CNN3CCN(C)CC3)cn2)n(-c2ccc(OC)nc2)n1. The Morgan fingerprint density at radius 2 is 1.91 bits per heavy atom. The molecule has 0 aromatic carbocycles. The van der Waals surface area contributed by atoms with Gasteiger partial charge in [-0.25, -0.2) is 14.7 Å². The van der Waals surface area contributed by atoms with Crippen LogP contribution in [-0.2, 0) is 6.54 Å². The number of rotatable bonds is 8. The van der Waals surface area contributed by atoms with Crippen LogP contribution < -0.4 is 10.2 Å². The predicted octanol–water partition coefficient (Wildman–Crippen LogP) is 1.68. The Hall–Kier alpha value is -3.34. The molecular weight excluding hydrogens is 432 g/mol. The Bertz CT molecular complexity index is 1090. The first-order valence-electron chi connectivity index (χ1n) is 11.5. The summed E-state index contributed by atoms with van der Waals surface area (Å²) >= 11 is 0. The lowest BCUT2D eigenvalue weighted by Gasteiger charge is -2.32. The maximum absolute atomic E-state index is 12.8. The Kier molecular flexibility index (Phi) is 7.51. The van der Waals surface area contributed by atoms with Gasteiger partial charge in [0, 0.05) is 58.6 Å². The van der Waals surface area contributed by atoms with Gasteiger partial charge in [-0.2, -0.15) is 5.10 Å². The third kappa shape index (κ3) is 5.41. The summed E-state index contributed by atoms with van der Waals surface area (Å²) in [5.41, 5.74) is 7.09. The lowest BCUT2D eigenvalue weighted by Crippen LogP contribution is -2.50. The molecule has 3 aromatic heterocycles. The summed E-state index contributed by atoms with van der Waals surface area (Å²) in [7, 11) is 5.48. The van der Waals surface area contributed by atoms with Crippen LogP contribution in [0.5, 0.6) is 5.88 Å². The smallest absolute Gasteiger partial charge is 0.274 e. The average Bonchev–Trinajstić information content (AvgIpc) is 3.33. The van der Waals surface area contributed by atoms with Gasteiger partial charge in [-0.1, -0.05) is 6.07 Å². The molecule has 1 fully saturated rings. The van der Waals surface area contributed by atoms with Crippen LogP contribution in [0.15, 0.2) is 42.7 Å². The summed E-state index contributed by atoms with van der Waals surface area (Å²) in [5, 5.41) is 6.84. The van der Waals surface area contributed by atoms with Crippen molar-refractivity contribution in [3.8, 4) is 23.0 Å². The molecule has 1 aliphatic heterocycles. The van der Waals surface area contributed by atoms with Gasteiger partial charge < -0.3 is 14.5 Å². The van der Waals surface area contributed by atoms with Gasteiger partial charge in [-0.15, -0.1) is 0 Å². The Morgan fingerprint density at radius 3 is 2.53 bits per heavy atom. The number of carbonyl (C=O) groups is 1. The van der Waals surface area contributed by atoms with Crippen molar-refractivity contribution >= 4 is 5.91 Å². The van der Waals surface area contributed by atoms with Crippen LogP contribution in [0.4, 0.5) is 0 Å². The zero-order chi connectivity index (χ0) is 24.1. The van der Waals surface area contributed by atoms with Gasteiger partial charge in [0.05, 0.1) is 30.4 Å². The van der Waals surface area contributed by atoms with Gasteiger partial charge in [-0.05, 0) is 37.7 Å². The lowest BCUT2D eigenvalue weighted by molar-refractivity contribution is 0.0796. The first kappa shape index (κ1) is 23.8. The highest BCUT2D eigenvalue weighted by Crippen LogP contribution is 2.24. The second-order valence-electron chi connectivity index (χ2n) is 8.38. The molecule has 1 amide bonds. The minimum Gasteiger partial charge on any atom is -0.481 e. The van der Waals surface area contributed by atoms with E-state index in [0.717, 1.165) is 48.8 Å². The number of likely N-dealkylation sites (N-methyl/N-ethyl adjacent to an activating group) is 1. The molecule has 0 saturated carbocycles. The van der Waals surface area contributed by atoms with Gasteiger partial charge >= 0.3 is 0 Å². The molecule has 10 heteroatoms. The Labute approximate surface area is 200 Å². The van der Waals surface area contributed by atoms with Crippen LogP contribution in [0.2, 0.25) is 0 Å². The standard InChI is InChI=1S/C24H32N8O2/c1-5-30(3)24(33)21-14-22(32(28-21)19-7-9-23(34-4)26-17-19)20-8-6-18(15-25-20)16-27-31-12-10-29(2)11-13-31/h6-9,14-15,17,27H,5,10-13,16H2,1-4H3. The van der Waals surface area contributed by atoms with Crippen molar-refractivity contribution in [3.63, 3.8) is 0 Å². The van der Waals surface area contributed by atoms with E-state index in [2.05, 4.69) is 43.5 Å². The van der Waals surface area contributed by atoms with Gasteiger partial charge in [0.2, 0.25) is 5.88 Å². The number of nitrogens with zero attached hydrogens (tertiary/aromatic N) is 7. The highest BCUT2D eigenvalue weighted by Gasteiger charge is 2.20. The van der Waals surface area contributed by atoms with E-state index in [4.69, 9.17) is 4.74 Å². The first-order chi connectivity index (χ1) is 16.5. The quantitative estimate of drug-likeness (QED) is 0.539. The molecule has 1 aliphatic rings. The molecule has 10 nitrogen and oxygen atoms in total. The number of aromatic nitrogens is 4. The molecule has 4 rings (SSSR count). The second-order valence-corrected chi connectivity index (χ2v) is 8.38. The monoisotopic (exact) mass is 464 g/mol. The summed E-state index contributed by atoms with van der Waals surface area (Å²) < 4.78 is 6.87. The fraction of sp³-hybridized carbons (Fsp3) is 0.417. The summed E-state index contributed by atoms with van der Waals surface area (Å²) in [5.74, 6) is 0.367. The fourth-order valence-corrected chi connectivity index (χ4v) is 3.67. The predicted molar refractivity (Wildman–Crippen MR) is 130 cm³/mol. The molecule has 1 N–H and O–H groups in total. The number of amides is 1. The number of ether oxygens (including phenoxy) is 1. The van der Waals surface area contributed by atoms with Crippen LogP contribution >= 0.6 is 0 Å². The highest BCUT2D eigenvalue weighted by molar-refractivity contribution is 5.93. The number of hydrazine groups is 1. The van der Waals surface area contributed by atoms with Gasteiger partial charge in [-0.3, -0.25) is 15.2 Å². The summed E-state index contributed by atoms with van der Waals surface area (Å²) in [6, 6.07) is 9.41. The van der Waals surface area contributed by atoms with Crippen molar-refractivity contribution in [3.05, 3.63) is 54.0 Å². The van der Waals surface area contributed by atoms with Crippen molar-refractivity contribution in [2.24, 2.45) is 0 Å². The first-order valence-corrected chi connectivity index (χ1v) is 11.5. The number of methoxy groups -OCH3 is 1. The van der Waals surface area contributed by atoms with Crippen molar-refractivity contribution in [2.75, 3.05) is 53.9 Å². The lowest BCUT2D eigenvalue weighted by atomic mass is 10.2. The Morgan fingerprint density at radius 1 is 1.12 bits per heavy atom. The molecule has 34 heavy (non-hydrogen) atoms. The number of pyridine rings is 2. The van der Waals surface area contributed by atoms with E-state index in [9.17, 15) is 4.79 Å². The number of hydrogen-bond donors (Lipinski definition) is 1. The normalized spacial score (nSPS) is 14.8. The van der Waals surface area contributed by atoms with Crippen LogP contribution in [0.3, 0.4) is 0 Å². The molecule has 0 spiro atoms. The van der Waals surface area contributed by atoms with Crippen LogP contribution in [0.25, 0.3) is 17.1 Å². The zero-order valence-electron chi connectivity index (χ0n) is 20.2. The van der Waals surface area contributed by atoms with E-state index in [1.807, 2.05) is 25.3 Å². The minimum atomic E-state index is -0.142. The van der Waals surface area contributed by atoms with Crippen LogP contribution in [0, 0.1) is 0 Å². The topological polar surface area (TPSA) is 91.7 Å². The average molecular weight is 465 g/mol. The second kappa shape index (κ2) is 10.7. The Balaban J connectivity index is 1.57. The summed E-state index contributed by atoms with van der Waals surface area (Å²) in [6.07, 6.45) is 3.53. The molecular formula is C24H32N8O2. The van der Waals surface area contributed by atoms with E-state index in [1.165, 1.54) is 0 Å². The third-order valence-corrected chi connectivity index (χ3v) is 6.02. The third-order valence-electron chi connectivity index (χ3n) is 6.02. The van der Waals surface area contributed by atoms with E-state index in [-0.39, 0.29) is 5.91 Å². The number of hydrogen-bond acceptors (Lipinski definition) is 8. The molecule has 1 saturated heterocycles. The van der Waals surface area contributed by atoms with Crippen LogP contribution in [-0.4, -0.2) is 94.4 Å². The molecule has 0 aliphatic carbocycles. The molecule has 180 valence electrons. The number of carbonyl (C=O) groups excluding carboxylic acids is 1. The van der Waals surface area contributed by atoms with Gasteiger partial charge in [0.1, 0.15) is 0 Å². The van der Waals surface area contributed by atoms with Gasteiger partial charge in [0.25, 0.3) is 5.91 Å². The number of nitrogens with one attached hydrogen (secondary N) is 1. The van der Waals surface area contributed by atoms with Crippen molar-refractivity contribution in [1.29, 1.82) is 0 Å². The minimum absolute atomic E-state index is 0.142. The molecule has 0 radical (unpaired) electrons. The maximum Gasteiger partial charge on any atom is 0.274 e. The molecule has 0 bridgehead atoms. The largest absolute Gasteiger partial charge is 0.481 e. The maximum atomic E-state index is 12.8. The van der Waals surface area contributed by atoms with Crippen LogP contribution in [0.1, 0.15) is 23.0 Å². The van der Waals surface area contributed by atoms with E-state index < -0.39 is 0 Å². The summed E-state index contributed by atoms with van der Waals surface area (Å²) in [6.45, 7) is 7.35. The van der Waals surface area contributed by atoms with Crippen molar-refractivity contribution in [1.82, 2.24) is 40.0 Å². The molecule has 0 atom stereocenters. The van der Waals surface area contributed by atoms with Crippen molar-refractivity contribution in [2.45, 2.75) is 13.5 Å². The highest BCUT2D eigenvalue weighted by atomic mass is 16.5. The molecule has 4 heterocycles. The van der Waals surface area contributed by atoms with Crippen molar-refractivity contribution < 1.29 is 9.53 Å².